The summed E-state index contributed by atoms with van der Waals surface area (Å²) in [5.41, 5.74) is 2.72. The molecule has 0 saturated carbocycles. The van der Waals surface area contributed by atoms with Gasteiger partial charge in [-0.15, -0.1) is 0 Å². The summed E-state index contributed by atoms with van der Waals surface area (Å²) in [5, 5.41) is 72.5. The number of benzene rings is 1. The summed E-state index contributed by atoms with van der Waals surface area (Å²) in [4.78, 5) is 0. The third-order valence-corrected chi connectivity index (χ3v) is 9.76. The van der Waals surface area contributed by atoms with Crippen LogP contribution < -0.4 is 9.47 Å². The lowest BCUT2D eigenvalue weighted by Gasteiger charge is -2.47. The molecule has 1 aromatic rings. The highest BCUT2D eigenvalue weighted by Crippen LogP contribution is 2.54. The summed E-state index contributed by atoms with van der Waals surface area (Å²) >= 11 is 0. The Labute approximate surface area is 264 Å². The first-order chi connectivity index (χ1) is 21.4. The maximum Gasteiger partial charge on any atom is 0.229 e. The van der Waals surface area contributed by atoms with E-state index in [9.17, 15) is 35.7 Å². The first kappa shape index (κ1) is 34.5. The van der Waals surface area contributed by atoms with Crippen molar-refractivity contribution in [2.75, 3.05) is 13.2 Å². The summed E-state index contributed by atoms with van der Waals surface area (Å²) < 4.78 is 30.0. The first-order valence-corrected chi connectivity index (χ1v) is 16.2. The predicted molar refractivity (Wildman–Crippen MR) is 161 cm³/mol. The summed E-state index contributed by atoms with van der Waals surface area (Å²) in [7, 11) is 0. The van der Waals surface area contributed by atoms with E-state index in [4.69, 9.17) is 23.7 Å². The zero-order chi connectivity index (χ0) is 32.6. The van der Waals surface area contributed by atoms with Gasteiger partial charge in [0.15, 0.2) is 6.29 Å². The van der Waals surface area contributed by atoms with Gasteiger partial charge in [-0.25, -0.2) is 0 Å². The molecule has 1 aromatic carbocycles. The molecule has 0 amide bonds. The molecule has 12 heteroatoms. The standard InChI is InChI=1S/C33H50O12/c1-5-6-7-8-17-12-20(24-18-11-16(2)9-10-19(18)33(3,4)45-21(24)13-17)42-32-30(40)28(38)26(36)23(44-32)15-41-31-29(39)27(37)25(35)22(14-34)43-31/h11-13,18-19,22-23,25-32,34-40H,5-10,14-15H2,1-4H3/t18-,19-,22-,23-,25-,26-,27+,28+,29-,30-,31-,32-/m1/s1. The highest BCUT2D eigenvalue weighted by atomic mass is 16.7. The molecule has 1 aliphatic carbocycles. The molecule has 2 fully saturated rings. The minimum absolute atomic E-state index is 0.00115. The van der Waals surface area contributed by atoms with Crippen LogP contribution in [-0.2, 0) is 20.6 Å². The highest BCUT2D eigenvalue weighted by molar-refractivity contribution is 5.54. The van der Waals surface area contributed by atoms with E-state index >= 15 is 0 Å². The molecule has 3 heterocycles. The van der Waals surface area contributed by atoms with Gasteiger partial charge < -0.3 is 59.4 Å². The molecule has 0 spiro atoms. The largest absolute Gasteiger partial charge is 0.487 e. The fourth-order valence-corrected chi connectivity index (χ4v) is 7.05. The topological polar surface area (TPSA) is 188 Å². The van der Waals surface area contributed by atoms with Crippen molar-refractivity contribution in [3.8, 4) is 11.5 Å². The van der Waals surface area contributed by atoms with Crippen LogP contribution in [0.25, 0.3) is 0 Å². The summed E-state index contributed by atoms with van der Waals surface area (Å²) in [5.74, 6) is 1.37. The normalized spacial score (nSPS) is 39.3. The molecular formula is C33H50O12. The van der Waals surface area contributed by atoms with E-state index < -0.39 is 80.2 Å². The predicted octanol–water partition coefficient (Wildman–Crippen LogP) is 1.03. The number of hydrogen-bond donors (Lipinski definition) is 7. The second kappa shape index (κ2) is 14.1. The smallest absolute Gasteiger partial charge is 0.229 e. The molecule has 0 aromatic heterocycles. The van der Waals surface area contributed by atoms with Crippen LogP contribution in [0.15, 0.2) is 23.8 Å². The Hall–Kier alpha value is -1.84. The second-order valence-electron chi connectivity index (χ2n) is 13.5. The van der Waals surface area contributed by atoms with Crippen molar-refractivity contribution < 1.29 is 59.4 Å². The van der Waals surface area contributed by atoms with Crippen molar-refractivity contribution in [3.05, 3.63) is 34.9 Å². The van der Waals surface area contributed by atoms with Crippen molar-refractivity contribution >= 4 is 0 Å². The van der Waals surface area contributed by atoms with Crippen LogP contribution in [0, 0.1) is 5.92 Å². The fraction of sp³-hybridized carbons (Fsp3) is 0.758. The number of aliphatic hydroxyl groups excluding tert-OH is 7. The number of allylic oxidation sites excluding steroid dienone is 2. The van der Waals surface area contributed by atoms with Gasteiger partial charge in [-0.2, -0.15) is 0 Å². The number of ether oxygens (including phenoxy) is 5. The lowest BCUT2D eigenvalue weighted by atomic mass is 9.68. The lowest BCUT2D eigenvalue weighted by Crippen LogP contribution is -2.62. The second-order valence-corrected chi connectivity index (χ2v) is 13.5. The first-order valence-electron chi connectivity index (χ1n) is 16.2. The van der Waals surface area contributed by atoms with Crippen LogP contribution in [-0.4, -0.2) is 116 Å². The van der Waals surface area contributed by atoms with Crippen molar-refractivity contribution in [1.82, 2.24) is 0 Å². The Morgan fingerprint density at radius 1 is 0.867 bits per heavy atom. The summed E-state index contributed by atoms with van der Waals surface area (Å²) in [6.07, 6.45) is -6.90. The van der Waals surface area contributed by atoms with E-state index in [1.165, 1.54) is 5.57 Å². The zero-order valence-electron chi connectivity index (χ0n) is 26.5. The summed E-state index contributed by atoms with van der Waals surface area (Å²) in [6.45, 7) is 7.41. The number of hydrogen-bond acceptors (Lipinski definition) is 12. The Kier molecular flexibility index (Phi) is 10.8. The van der Waals surface area contributed by atoms with Gasteiger partial charge in [0.05, 0.1) is 13.2 Å². The van der Waals surface area contributed by atoms with Crippen LogP contribution in [0.1, 0.15) is 76.8 Å². The van der Waals surface area contributed by atoms with E-state index in [1.54, 1.807) is 0 Å². The number of fused-ring (bicyclic) bond motifs is 3. The van der Waals surface area contributed by atoms with E-state index in [2.05, 4.69) is 39.8 Å². The van der Waals surface area contributed by atoms with Gasteiger partial charge in [-0.3, -0.25) is 0 Å². The molecule has 12 atom stereocenters. The molecule has 2 saturated heterocycles. The van der Waals surface area contributed by atoms with Crippen LogP contribution in [0.2, 0.25) is 0 Å². The van der Waals surface area contributed by atoms with Gasteiger partial charge in [0.2, 0.25) is 6.29 Å². The van der Waals surface area contributed by atoms with Gasteiger partial charge >= 0.3 is 0 Å². The van der Waals surface area contributed by atoms with Crippen molar-refractivity contribution in [2.24, 2.45) is 5.92 Å². The van der Waals surface area contributed by atoms with Gasteiger partial charge in [-0.1, -0.05) is 31.4 Å². The number of rotatable bonds is 10. The van der Waals surface area contributed by atoms with Crippen molar-refractivity contribution in [2.45, 2.75) is 139 Å². The molecule has 3 aliphatic heterocycles. The number of unbranched alkanes of at least 4 members (excludes halogenated alkanes) is 2. The van der Waals surface area contributed by atoms with Crippen molar-refractivity contribution in [3.63, 3.8) is 0 Å². The molecule has 0 bridgehead atoms. The molecule has 4 aliphatic rings. The molecule has 5 rings (SSSR count). The minimum atomic E-state index is -1.66. The lowest BCUT2D eigenvalue weighted by molar-refractivity contribution is -0.323. The zero-order valence-corrected chi connectivity index (χ0v) is 26.5. The van der Waals surface area contributed by atoms with Crippen LogP contribution >= 0.6 is 0 Å². The Balaban J connectivity index is 1.41. The van der Waals surface area contributed by atoms with Gasteiger partial charge in [-0.05, 0) is 64.2 Å². The quantitative estimate of drug-likeness (QED) is 0.143. The van der Waals surface area contributed by atoms with E-state index in [0.717, 1.165) is 49.7 Å². The third kappa shape index (κ3) is 7.06. The Bertz CT molecular complexity index is 1190. The molecular weight excluding hydrogens is 588 g/mol. The fourth-order valence-electron chi connectivity index (χ4n) is 7.05. The Morgan fingerprint density at radius 2 is 1.53 bits per heavy atom. The maximum atomic E-state index is 11.0. The van der Waals surface area contributed by atoms with Gasteiger partial charge in [0.1, 0.15) is 65.9 Å². The molecule has 0 radical (unpaired) electrons. The van der Waals surface area contributed by atoms with Crippen LogP contribution in [0.3, 0.4) is 0 Å². The number of aryl methyl sites for hydroxylation is 1. The SMILES string of the molecule is CCCCCc1cc(O[C@@H]2O[C@H](CO[C@@H]3O[C@H](CO)[C@@H](O)[C@H](O)[C@H]3O)[C@@H](O)[C@H](O)[C@H]2O)c2c(c1)OC(C)(C)[C@@H]1CCC(C)=C[C@@H]21. The molecule has 0 unspecified atom stereocenters. The van der Waals surface area contributed by atoms with Crippen molar-refractivity contribution in [1.29, 1.82) is 0 Å². The van der Waals surface area contributed by atoms with Gasteiger partial charge in [0.25, 0.3) is 0 Å². The highest BCUT2D eigenvalue weighted by Gasteiger charge is 2.49. The van der Waals surface area contributed by atoms with E-state index in [0.29, 0.717) is 11.5 Å². The average Bonchev–Trinajstić information content (AvgIpc) is 2.99. The molecule has 12 nitrogen and oxygen atoms in total. The number of aliphatic hydroxyl groups is 7. The molecule has 7 N–H and O–H groups in total. The molecule has 45 heavy (non-hydrogen) atoms. The molecule has 254 valence electrons. The monoisotopic (exact) mass is 638 g/mol. The third-order valence-electron chi connectivity index (χ3n) is 9.76. The van der Waals surface area contributed by atoms with Crippen LogP contribution in [0.4, 0.5) is 0 Å². The van der Waals surface area contributed by atoms with Gasteiger partial charge in [0, 0.05) is 17.4 Å². The maximum absolute atomic E-state index is 11.0. The van der Waals surface area contributed by atoms with E-state index in [1.807, 2.05) is 6.07 Å². The summed E-state index contributed by atoms with van der Waals surface area (Å²) in [6, 6.07) is 4.01. The van der Waals surface area contributed by atoms with E-state index in [-0.39, 0.29) is 11.8 Å². The average molecular weight is 639 g/mol. The van der Waals surface area contributed by atoms with Crippen LogP contribution in [0.5, 0.6) is 11.5 Å². The Morgan fingerprint density at radius 3 is 2.22 bits per heavy atom. The minimum Gasteiger partial charge on any atom is -0.487 e.